The Balaban J connectivity index is 1.18. The molecule has 3 aliphatic rings. The largest absolute Gasteiger partial charge is 0.397 e. The molecule has 0 bridgehead atoms. The number of fused-ring (bicyclic) bond motifs is 1. The minimum atomic E-state index is 0.748. The van der Waals surface area contributed by atoms with Gasteiger partial charge in [-0.15, -0.1) is 0 Å². The van der Waals surface area contributed by atoms with Crippen LogP contribution < -0.4 is 26.2 Å². The predicted molar refractivity (Wildman–Crippen MR) is 139 cm³/mol. The van der Waals surface area contributed by atoms with E-state index in [1.807, 2.05) is 0 Å². The second kappa shape index (κ2) is 13.3. The van der Waals surface area contributed by atoms with E-state index < -0.39 is 0 Å². The molecule has 0 saturated carbocycles. The van der Waals surface area contributed by atoms with Gasteiger partial charge in [-0.2, -0.15) is 0 Å². The third-order valence-electron chi connectivity index (χ3n) is 7.37. The number of nitrogens with one attached hydrogen (secondary N) is 2. The van der Waals surface area contributed by atoms with Gasteiger partial charge in [0.25, 0.3) is 0 Å². The van der Waals surface area contributed by atoms with Gasteiger partial charge in [0, 0.05) is 65.4 Å². The monoisotopic (exact) mass is 458 g/mol. The van der Waals surface area contributed by atoms with Crippen molar-refractivity contribution >= 4 is 17.2 Å². The fourth-order valence-corrected chi connectivity index (χ4v) is 5.37. The van der Waals surface area contributed by atoms with E-state index in [0.717, 1.165) is 63.9 Å². The molecule has 0 aromatic carbocycles. The molecule has 0 atom stereocenters. The lowest BCUT2D eigenvalue weighted by Crippen LogP contribution is -2.46. The van der Waals surface area contributed by atoms with Crippen LogP contribution in [0.4, 0.5) is 17.2 Å². The molecule has 4 heterocycles. The highest BCUT2D eigenvalue weighted by Gasteiger charge is 2.23. The standard InChI is InChI=1S/C25H46N8/c26-23-21-24-25(29-22-23)33(18-10-28-8-16-31-13-5-2-6-14-31)20-19-32(24)17-9-27-7-15-30-11-3-1-4-12-30/h21-22,27-28H,1-20,26H2. The molecule has 1 aromatic rings. The van der Waals surface area contributed by atoms with Crippen LogP contribution in [0.5, 0.6) is 0 Å². The first-order valence-corrected chi connectivity index (χ1v) is 13.4. The van der Waals surface area contributed by atoms with Crippen molar-refractivity contribution in [1.82, 2.24) is 25.4 Å². The van der Waals surface area contributed by atoms with Gasteiger partial charge in [0.1, 0.15) is 0 Å². The fraction of sp³-hybridized carbons (Fsp3) is 0.800. The Morgan fingerprint density at radius 1 is 0.667 bits per heavy atom. The highest BCUT2D eigenvalue weighted by atomic mass is 15.3. The third-order valence-corrected chi connectivity index (χ3v) is 7.37. The normalized spacial score (nSPS) is 20.2. The van der Waals surface area contributed by atoms with E-state index in [2.05, 4.69) is 36.3 Å². The molecule has 0 spiro atoms. The van der Waals surface area contributed by atoms with Crippen molar-refractivity contribution in [3.63, 3.8) is 0 Å². The molecule has 0 unspecified atom stereocenters. The summed E-state index contributed by atoms with van der Waals surface area (Å²) in [5.74, 6) is 1.08. The molecule has 4 N–H and O–H groups in total. The summed E-state index contributed by atoms with van der Waals surface area (Å²) in [5, 5.41) is 7.29. The van der Waals surface area contributed by atoms with Gasteiger partial charge in [-0.25, -0.2) is 4.98 Å². The Labute approximate surface area is 200 Å². The molecule has 4 rings (SSSR count). The average Bonchev–Trinajstić information content (AvgIpc) is 2.85. The Hall–Kier alpha value is -1.61. The van der Waals surface area contributed by atoms with Crippen LogP contribution in [0.15, 0.2) is 12.3 Å². The molecule has 186 valence electrons. The van der Waals surface area contributed by atoms with Gasteiger partial charge in [0.05, 0.1) is 17.6 Å². The number of aromatic nitrogens is 1. The number of piperidine rings is 2. The summed E-state index contributed by atoms with van der Waals surface area (Å²) in [7, 11) is 0. The van der Waals surface area contributed by atoms with Crippen molar-refractivity contribution in [3.8, 4) is 0 Å². The quantitative estimate of drug-likeness (QED) is 0.406. The first kappa shape index (κ1) is 24.5. The summed E-state index contributed by atoms with van der Waals surface area (Å²) in [6.07, 6.45) is 10.1. The van der Waals surface area contributed by atoms with Gasteiger partial charge in [0.15, 0.2) is 5.82 Å². The first-order chi connectivity index (χ1) is 16.3. The van der Waals surface area contributed by atoms with Crippen LogP contribution in [0.1, 0.15) is 38.5 Å². The van der Waals surface area contributed by atoms with E-state index in [1.165, 1.54) is 83.5 Å². The van der Waals surface area contributed by atoms with Crippen LogP contribution in [0, 0.1) is 0 Å². The molecule has 8 heteroatoms. The minimum Gasteiger partial charge on any atom is -0.397 e. The summed E-state index contributed by atoms with van der Waals surface area (Å²) in [4.78, 5) is 14.8. The van der Waals surface area contributed by atoms with Crippen molar-refractivity contribution in [1.29, 1.82) is 0 Å². The molecule has 0 amide bonds. The average molecular weight is 459 g/mol. The zero-order valence-corrected chi connectivity index (χ0v) is 20.6. The summed E-state index contributed by atoms with van der Waals surface area (Å²) < 4.78 is 0. The van der Waals surface area contributed by atoms with Crippen LogP contribution in [-0.4, -0.2) is 106 Å². The Bertz CT molecular complexity index is 687. The van der Waals surface area contributed by atoms with E-state index >= 15 is 0 Å². The van der Waals surface area contributed by atoms with E-state index in [9.17, 15) is 0 Å². The molecule has 1 aromatic heterocycles. The number of hydrogen-bond donors (Lipinski definition) is 3. The molecule has 33 heavy (non-hydrogen) atoms. The number of likely N-dealkylation sites (tertiary alicyclic amines) is 2. The summed E-state index contributed by atoms with van der Waals surface area (Å²) >= 11 is 0. The maximum Gasteiger partial charge on any atom is 0.152 e. The first-order valence-electron chi connectivity index (χ1n) is 13.4. The second-order valence-corrected chi connectivity index (χ2v) is 9.89. The van der Waals surface area contributed by atoms with Crippen LogP contribution >= 0.6 is 0 Å². The summed E-state index contributed by atoms with van der Waals surface area (Å²) in [5.41, 5.74) is 8.05. The van der Waals surface area contributed by atoms with Crippen molar-refractivity contribution < 1.29 is 0 Å². The highest BCUT2D eigenvalue weighted by molar-refractivity contribution is 5.72. The van der Waals surface area contributed by atoms with Gasteiger partial charge < -0.3 is 36.0 Å². The van der Waals surface area contributed by atoms with Crippen molar-refractivity contribution in [2.45, 2.75) is 38.5 Å². The SMILES string of the molecule is Nc1cnc2c(c1)N(CCNCCN1CCCCC1)CCN2CCNCCN1CCCCC1. The molecule has 2 fully saturated rings. The predicted octanol–water partition coefficient (Wildman–Crippen LogP) is 1.44. The lowest BCUT2D eigenvalue weighted by atomic mass is 10.1. The second-order valence-electron chi connectivity index (χ2n) is 9.89. The minimum absolute atomic E-state index is 0.748. The topological polar surface area (TPSA) is 75.9 Å². The van der Waals surface area contributed by atoms with Crippen molar-refractivity contribution in [3.05, 3.63) is 12.3 Å². The third kappa shape index (κ3) is 7.70. The number of anilines is 3. The Morgan fingerprint density at radius 3 is 1.79 bits per heavy atom. The van der Waals surface area contributed by atoms with Crippen LogP contribution in [0.25, 0.3) is 0 Å². The lowest BCUT2D eigenvalue weighted by Gasteiger charge is -2.38. The van der Waals surface area contributed by atoms with E-state index in [4.69, 9.17) is 10.7 Å². The zero-order chi connectivity index (χ0) is 22.7. The van der Waals surface area contributed by atoms with Crippen molar-refractivity contribution in [2.24, 2.45) is 0 Å². The van der Waals surface area contributed by atoms with E-state index in [0.29, 0.717) is 0 Å². The van der Waals surface area contributed by atoms with E-state index in [-0.39, 0.29) is 0 Å². The summed E-state index contributed by atoms with van der Waals surface area (Å²) in [6, 6.07) is 2.10. The number of nitrogen functional groups attached to an aromatic ring is 1. The maximum absolute atomic E-state index is 6.11. The van der Waals surface area contributed by atoms with E-state index in [1.54, 1.807) is 6.20 Å². The number of hydrogen-bond acceptors (Lipinski definition) is 8. The number of nitrogens with zero attached hydrogens (tertiary/aromatic N) is 5. The lowest BCUT2D eigenvalue weighted by molar-refractivity contribution is 0.229. The number of pyridine rings is 1. The molecule has 0 radical (unpaired) electrons. The van der Waals surface area contributed by atoms with Gasteiger partial charge in [0.2, 0.25) is 0 Å². The Kier molecular flexibility index (Phi) is 9.90. The van der Waals surface area contributed by atoms with Crippen LogP contribution in [0.3, 0.4) is 0 Å². The van der Waals surface area contributed by atoms with Crippen LogP contribution in [-0.2, 0) is 0 Å². The molecule has 8 nitrogen and oxygen atoms in total. The van der Waals surface area contributed by atoms with Gasteiger partial charge in [-0.1, -0.05) is 12.8 Å². The van der Waals surface area contributed by atoms with Gasteiger partial charge >= 0.3 is 0 Å². The fourth-order valence-electron chi connectivity index (χ4n) is 5.37. The number of nitrogens with two attached hydrogens (primary N) is 1. The molecule has 0 aliphatic carbocycles. The molecular weight excluding hydrogens is 412 g/mol. The highest BCUT2D eigenvalue weighted by Crippen LogP contribution is 2.32. The Morgan fingerprint density at radius 2 is 1.18 bits per heavy atom. The molecule has 2 saturated heterocycles. The molecular formula is C25H46N8. The maximum atomic E-state index is 6.11. The summed E-state index contributed by atoms with van der Waals surface area (Å²) in [6.45, 7) is 15.6. The zero-order valence-electron chi connectivity index (χ0n) is 20.6. The smallest absolute Gasteiger partial charge is 0.152 e. The number of rotatable bonds is 12. The van der Waals surface area contributed by atoms with Gasteiger partial charge in [-0.3, -0.25) is 0 Å². The van der Waals surface area contributed by atoms with Crippen molar-refractivity contribution in [2.75, 3.05) is 107 Å². The molecule has 3 aliphatic heterocycles. The van der Waals surface area contributed by atoms with Crippen LogP contribution in [0.2, 0.25) is 0 Å². The van der Waals surface area contributed by atoms with Gasteiger partial charge in [-0.05, 0) is 57.9 Å².